The van der Waals surface area contributed by atoms with Crippen molar-refractivity contribution >= 4 is 28.4 Å². The second-order valence-electron chi connectivity index (χ2n) is 4.65. The number of carbonyl (C=O) groups excluding carboxylic acids is 1. The molecule has 0 spiro atoms. The summed E-state index contributed by atoms with van der Waals surface area (Å²) >= 11 is 0. The Labute approximate surface area is 125 Å². The maximum atomic E-state index is 10.9. The molecular weight excluding hydrogens is 284 g/mol. The van der Waals surface area contributed by atoms with Crippen molar-refractivity contribution < 1.29 is 9.53 Å². The molecule has 0 saturated carbocycles. The highest BCUT2D eigenvalue weighted by Crippen LogP contribution is 2.26. The molecule has 0 aliphatic rings. The van der Waals surface area contributed by atoms with Crippen molar-refractivity contribution in [3.63, 3.8) is 0 Å². The average molecular weight is 298 g/mol. The van der Waals surface area contributed by atoms with Crippen LogP contribution < -0.4 is 15.8 Å². The summed E-state index contributed by atoms with van der Waals surface area (Å²) in [7, 11) is 1.60. The fraction of sp³-hybridized carbons (Fsp3) is 0.143. The molecule has 3 rings (SSSR count). The van der Waals surface area contributed by atoms with E-state index in [-0.39, 0.29) is 6.42 Å². The van der Waals surface area contributed by atoms with Crippen molar-refractivity contribution in [2.75, 3.05) is 12.4 Å². The normalized spacial score (nSPS) is 10.6. The van der Waals surface area contributed by atoms with E-state index in [1.807, 2.05) is 18.2 Å². The minimum Gasteiger partial charge on any atom is -0.497 e. The van der Waals surface area contributed by atoms with Gasteiger partial charge in [-0.1, -0.05) is 0 Å². The van der Waals surface area contributed by atoms with Crippen LogP contribution in [0.1, 0.15) is 5.69 Å². The summed E-state index contributed by atoms with van der Waals surface area (Å²) in [6.07, 6.45) is 1.57. The van der Waals surface area contributed by atoms with Crippen LogP contribution >= 0.6 is 0 Å². The number of fused-ring (bicyclic) bond motifs is 1. The first-order valence-corrected chi connectivity index (χ1v) is 6.54. The van der Waals surface area contributed by atoms with Crippen LogP contribution in [-0.2, 0) is 11.2 Å². The Hall–Kier alpha value is -3.16. The van der Waals surface area contributed by atoms with Crippen LogP contribution in [0.4, 0.5) is 11.6 Å². The molecule has 4 N–H and O–H groups in total. The van der Waals surface area contributed by atoms with Gasteiger partial charge in [0.1, 0.15) is 17.9 Å². The number of nitrogens with one attached hydrogen (secondary N) is 2. The highest BCUT2D eigenvalue weighted by molar-refractivity contribution is 5.91. The summed E-state index contributed by atoms with van der Waals surface area (Å²) in [4.78, 5) is 19.3. The van der Waals surface area contributed by atoms with Crippen molar-refractivity contribution in [2.45, 2.75) is 6.42 Å². The Morgan fingerprint density at radius 1 is 1.36 bits per heavy atom. The minimum absolute atomic E-state index is 0.104. The number of primary amides is 1. The van der Waals surface area contributed by atoms with Crippen molar-refractivity contribution in [3.8, 4) is 5.75 Å². The zero-order chi connectivity index (χ0) is 15.5. The number of anilines is 2. The number of nitrogens with zero attached hydrogens (tertiary/aromatic N) is 3. The number of benzene rings is 1. The number of amides is 1. The van der Waals surface area contributed by atoms with Gasteiger partial charge in [-0.05, 0) is 18.2 Å². The van der Waals surface area contributed by atoms with E-state index in [2.05, 4.69) is 25.5 Å². The largest absolute Gasteiger partial charge is 0.497 e. The number of nitrogens with two attached hydrogens (primary N) is 1. The first-order chi connectivity index (χ1) is 10.7. The van der Waals surface area contributed by atoms with Crippen LogP contribution in [-0.4, -0.2) is 33.2 Å². The van der Waals surface area contributed by atoms with Crippen LogP contribution in [0.15, 0.2) is 30.6 Å². The highest BCUT2D eigenvalue weighted by atomic mass is 16.5. The maximum Gasteiger partial charge on any atom is 0.223 e. The molecule has 1 amide bonds. The second-order valence-corrected chi connectivity index (χ2v) is 4.65. The van der Waals surface area contributed by atoms with E-state index < -0.39 is 5.91 Å². The molecule has 8 heteroatoms. The van der Waals surface area contributed by atoms with Crippen LogP contribution in [0, 0.1) is 0 Å². The van der Waals surface area contributed by atoms with E-state index in [1.165, 1.54) is 6.33 Å². The van der Waals surface area contributed by atoms with E-state index in [0.717, 1.165) is 10.9 Å². The molecular formula is C14H14N6O2. The molecule has 0 aliphatic carbocycles. The van der Waals surface area contributed by atoms with Gasteiger partial charge in [0.15, 0.2) is 5.82 Å². The predicted molar refractivity (Wildman–Crippen MR) is 80.9 cm³/mol. The van der Waals surface area contributed by atoms with Gasteiger partial charge in [-0.15, -0.1) is 0 Å². The SMILES string of the molecule is COc1ccc2ncnc(Nc3cc(CC(N)=O)[nH]n3)c2c1. The Morgan fingerprint density at radius 2 is 2.23 bits per heavy atom. The quantitative estimate of drug-likeness (QED) is 0.649. The monoisotopic (exact) mass is 298 g/mol. The van der Waals surface area contributed by atoms with E-state index in [1.54, 1.807) is 13.2 Å². The number of ether oxygens (including phenoxy) is 1. The molecule has 0 bridgehead atoms. The number of carbonyl (C=O) groups is 1. The second kappa shape index (κ2) is 5.68. The molecule has 0 atom stereocenters. The lowest BCUT2D eigenvalue weighted by molar-refractivity contribution is -0.117. The average Bonchev–Trinajstić information content (AvgIpc) is 2.93. The Bertz CT molecular complexity index is 829. The number of aromatic nitrogens is 4. The van der Waals surface area contributed by atoms with Gasteiger partial charge < -0.3 is 15.8 Å². The van der Waals surface area contributed by atoms with Gasteiger partial charge in [0.05, 0.1) is 19.0 Å². The lowest BCUT2D eigenvalue weighted by Gasteiger charge is -2.07. The molecule has 1 aromatic carbocycles. The molecule has 8 nitrogen and oxygen atoms in total. The van der Waals surface area contributed by atoms with Gasteiger partial charge in [-0.3, -0.25) is 9.89 Å². The molecule has 22 heavy (non-hydrogen) atoms. The molecule has 0 unspecified atom stereocenters. The summed E-state index contributed by atoms with van der Waals surface area (Å²) in [5.41, 5.74) is 6.57. The van der Waals surface area contributed by atoms with Crippen LogP contribution in [0.2, 0.25) is 0 Å². The standard InChI is InChI=1S/C14H14N6O2/c1-22-9-2-3-11-10(6-9)14(17-7-16-11)18-13-5-8(19-20-13)4-12(15)21/h2-3,5-7H,4H2,1H3,(H2,15,21)(H2,16,17,18,19,20). The predicted octanol–water partition coefficient (Wildman–Crippen LogP) is 1.13. The van der Waals surface area contributed by atoms with Crippen molar-refractivity contribution in [1.82, 2.24) is 20.2 Å². The summed E-state index contributed by atoms with van der Waals surface area (Å²) in [6.45, 7) is 0. The molecule has 0 aliphatic heterocycles. The van der Waals surface area contributed by atoms with Gasteiger partial charge in [-0.25, -0.2) is 9.97 Å². The van der Waals surface area contributed by atoms with Crippen molar-refractivity contribution in [1.29, 1.82) is 0 Å². The number of hydrogen-bond acceptors (Lipinski definition) is 6. The Balaban J connectivity index is 1.93. The fourth-order valence-electron chi connectivity index (χ4n) is 2.09. The van der Waals surface area contributed by atoms with E-state index in [9.17, 15) is 4.79 Å². The lowest BCUT2D eigenvalue weighted by Crippen LogP contribution is -2.13. The molecule has 0 saturated heterocycles. The number of methoxy groups -OCH3 is 1. The summed E-state index contributed by atoms with van der Waals surface area (Å²) in [5, 5.41) is 10.7. The Morgan fingerprint density at radius 3 is 3.00 bits per heavy atom. The van der Waals surface area contributed by atoms with Crippen LogP contribution in [0.5, 0.6) is 5.75 Å². The minimum atomic E-state index is -0.424. The van der Waals surface area contributed by atoms with Gasteiger partial charge in [0.25, 0.3) is 0 Å². The third kappa shape index (κ3) is 2.80. The smallest absolute Gasteiger partial charge is 0.223 e. The van der Waals surface area contributed by atoms with Gasteiger partial charge in [0, 0.05) is 17.1 Å². The third-order valence-electron chi connectivity index (χ3n) is 3.08. The number of hydrogen-bond donors (Lipinski definition) is 3. The summed E-state index contributed by atoms with van der Waals surface area (Å²) < 4.78 is 5.22. The van der Waals surface area contributed by atoms with Gasteiger partial charge in [-0.2, -0.15) is 5.10 Å². The molecule has 0 radical (unpaired) electrons. The third-order valence-corrected chi connectivity index (χ3v) is 3.08. The first-order valence-electron chi connectivity index (χ1n) is 6.54. The Kier molecular flexibility index (Phi) is 3.57. The van der Waals surface area contributed by atoms with Crippen LogP contribution in [0.3, 0.4) is 0 Å². The number of rotatable bonds is 5. The molecule has 2 aromatic heterocycles. The zero-order valence-corrected chi connectivity index (χ0v) is 11.8. The van der Waals surface area contributed by atoms with E-state index >= 15 is 0 Å². The van der Waals surface area contributed by atoms with Crippen molar-refractivity contribution in [2.24, 2.45) is 5.73 Å². The summed E-state index contributed by atoms with van der Waals surface area (Å²) in [5.74, 6) is 1.43. The van der Waals surface area contributed by atoms with Gasteiger partial charge >= 0.3 is 0 Å². The zero-order valence-electron chi connectivity index (χ0n) is 11.8. The van der Waals surface area contributed by atoms with Crippen molar-refractivity contribution in [3.05, 3.63) is 36.3 Å². The van der Waals surface area contributed by atoms with Crippen LogP contribution in [0.25, 0.3) is 10.9 Å². The van der Waals surface area contributed by atoms with E-state index in [0.29, 0.717) is 23.1 Å². The highest BCUT2D eigenvalue weighted by Gasteiger charge is 2.09. The van der Waals surface area contributed by atoms with E-state index in [4.69, 9.17) is 10.5 Å². The maximum absolute atomic E-state index is 10.9. The number of aromatic amines is 1. The fourth-order valence-corrected chi connectivity index (χ4v) is 2.09. The topological polar surface area (TPSA) is 119 Å². The molecule has 3 aromatic rings. The summed E-state index contributed by atoms with van der Waals surface area (Å²) in [6, 6.07) is 7.23. The molecule has 2 heterocycles. The lowest BCUT2D eigenvalue weighted by atomic mass is 10.2. The number of H-pyrrole nitrogens is 1. The van der Waals surface area contributed by atoms with Gasteiger partial charge in [0.2, 0.25) is 5.91 Å². The molecule has 112 valence electrons. The first kappa shape index (κ1) is 13.8. The molecule has 0 fully saturated rings.